The first kappa shape index (κ1) is 22.8. The first-order valence-electron chi connectivity index (χ1n) is 8.91. The summed E-state index contributed by atoms with van der Waals surface area (Å²) in [6.45, 7) is 18.1. The van der Waals surface area contributed by atoms with Gasteiger partial charge in [0.2, 0.25) is 0 Å². The smallest absolute Gasteiger partial charge is 0.189 e. The zero-order valence-corrected chi connectivity index (χ0v) is 18.6. The minimum absolute atomic E-state index is 0.781. The Balaban J connectivity index is 3.39. The lowest BCUT2D eigenvalue weighted by Crippen LogP contribution is -2.50. The lowest BCUT2D eigenvalue weighted by molar-refractivity contribution is 0.431. The first-order valence-corrected chi connectivity index (χ1v) is 13.1. The molecule has 0 radical (unpaired) electrons. The molecule has 0 saturated heterocycles. The van der Waals surface area contributed by atoms with E-state index < -0.39 is 24.3 Å². The van der Waals surface area contributed by atoms with Gasteiger partial charge in [-0.2, -0.15) is 0 Å². The topological polar surface area (TPSA) is 91.0 Å². The second kappa shape index (κ2) is 12.2. The molecule has 9 nitrogen and oxygen atoms in total. The molecule has 1 aliphatic heterocycles. The second-order valence-electron chi connectivity index (χ2n) is 4.92. The van der Waals surface area contributed by atoms with Gasteiger partial charge in [-0.3, -0.25) is 20.3 Å². The molecule has 0 aromatic carbocycles. The van der Waals surface area contributed by atoms with E-state index in [9.17, 15) is 0 Å². The van der Waals surface area contributed by atoms with Crippen LogP contribution >= 0.6 is 24.3 Å². The van der Waals surface area contributed by atoms with Crippen molar-refractivity contribution in [1.82, 2.24) is 40.3 Å². The number of hydrazine groups is 2. The molecule has 2 atom stereocenters. The molecule has 2 unspecified atom stereocenters. The third-order valence-corrected chi connectivity index (χ3v) is 11.9. The van der Waals surface area contributed by atoms with Crippen molar-refractivity contribution in [3.8, 4) is 0 Å². The second-order valence-corrected chi connectivity index (χ2v) is 11.5. The number of nitrogens with one attached hydrogen (secondary N) is 6. The van der Waals surface area contributed by atoms with Gasteiger partial charge in [0, 0.05) is 13.1 Å². The van der Waals surface area contributed by atoms with Crippen molar-refractivity contribution in [2.75, 3.05) is 39.3 Å². The first-order chi connectivity index (χ1) is 11.6. The van der Waals surface area contributed by atoms with Crippen LogP contribution in [0.2, 0.25) is 0 Å². The molecule has 0 bridgehead atoms. The highest BCUT2D eigenvalue weighted by Gasteiger charge is 2.44. The third-order valence-electron chi connectivity index (χ3n) is 2.98. The molecule has 0 amide bonds. The standard InChI is InChI=1S/C12H36N9P3/c1-7-13-20-22(15-9-3)19-24(17-11-5,18-12-6)21(14-8-2)23(20)16-10-4/h13-18H,7-12H2,1-6H3. The van der Waals surface area contributed by atoms with E-state index >= 15 is 0 Å². The summed E-state index contributed by atoms with van der Waals surface area (Å²) in [5, 5.41) is 14.6. The molecule has 1 heterocycles. The molecular weight excluding hydrogens is 363 g/mol. The van der Waals surface area contributed by atoms with E-state index in [1.807, 2.05) is 0 Å². The predicted molar refractivity (Wildman–Crippen MR) is 109 cm³/mol. The van der Waals surface area contributed by atoms with E-state index in [1.165, 1.54) is 0 Å². The SMILES string of the molecule is CCNN1P(NCC)N=P(NCC)(NCC)N(NCC)P1NCC. The largest absolute Gasteiger partial charge is 0.269 e. The zero-order chi connectivity index (χ0) is 18.0. The highest BCUT2D eigenvalue weighted by Crippen LogP contribution is 2.70. The Morgan fingerprint density at radius 1 is 0.750 bits per heavy atom. The molecular formula is C12H36N9P3. The van der Waals surface area contributed by atoms with Gasteiger partial charge < -0.3 is 0 Å². The highest BCUT2D eigenvalue weighted by molar-refractivity contribution is 7.81. The van der Waals surface area contributed by atoms with Crippen LogP contribution in [0.1, 0.15) is 41.5 Å². The van der Waals surface area contributed by atoms with Gasteiger partial charge in [0.25, 0.3) is 0 Å². The van der Waals surface area contributed by atoms with Crippen molar-refractivity contribution >= 4 is 24.3 Å². The number of nitrogens with zero attached hydrogens (tertiary/aromatic N) is 3. The van der Waals surface area contributed by atoms with Crippen molar-refractivity contribution in [3.05, 3.63) is 0 Å². The molecule has 144 valence electrons. The van der Waals surface area contributed by atoms with Gasteiger partial charge in [-0.25, -0.2) is 15.4 Å². The summed E-state index contributed by atoms with van der Waals surface area (Å²) >= 11 is 0. The van der Waals surface area contributed by atoms with Gasteiger partial charge in [-0.15, -0.1) is 9.10 Å². The van der Waals surface area contributed by atoms with Crippen molar-refractivity contribution in [2.24, 2.45) is 4.52 Å². The fourth-order valence-electron chi connectivity index (χ4n) is 2.28. The van der Waals surface area contributed by atoms with Crippen molar-refractivity contribution in [3.63, 3.8) is 0 Å². The Bertz CT molecular complexity index is 388. The van der Waals surface area contributed by atoms with Gasteiger partial charge in [-0.1, -0.05) is 41.5 Å². The van der Waals surface area contributed by atoms with Crippen LogP contribution in [-0.4, -0.2) is 48.4 Å². The van der Waals surface area contributed by atoms with Crippen LogP contribution in [0, 0.1) is 0 Å². The normalized spacial score (nSPS) is 24.9. The summed E-state index contributed by atoms with van der Waals surface area (Å²) in [5.41, 5.74) is 7.08. The maximum absolute atomic E-state index is 5.26. The van der Waals surface area contributed by atoms with Gasteiger partial charge >= 0.3 is 0 Å². The fraction of sp³-hybridized carbons (Fsp3) is 1.00. The van der Waals surface area contributed by atoms with Gasteiger partial charge in [0.05, 0.1) is 0 Å². The van der Waals surface area contributed by atoms with Gasteiger partial charge in [0.1, 0.15) is 0 Å². The van der Waals surface area contributed by atoms with Crippen molar-refractivity contribution in [1.29, 1.82) is 0 Å². The minimum Gasteiger partial charge on any atom is -0.269 e. The molecule has 6 N–H and O–H groups in total. The van der Waals surface area contributed by atoms with Gasteiger partial charge in [-0.05, 0) is 26.2 Å². The Morgan fingerprint density at radius 3 is 1.79 bits per heavy atom. The molecule has 0 spiro atoms. The quantitative estimate of drug-likeness (QED) is 0.279. The van der Waals surface area contributed by atoms with Crippen LogP contribution in [0.15, 0.2) is 4.52 Å². The van der Waals surface area contributed by atoms with Crippen LogP contribution in [-0.2, 0) is 0 Å². The van der Waals surface area contributed by atoms with E-state index in [1.54, 1.807) is 0 Å². The Kier molecular flexibility index (Phi) is 11.6. The van der Waals surface area contributed by atoms with E-state index in [0.29, 0.717) is 0 Å². The summed E-state index contributed by atoms with van der Waals surface area (Å²) in [7, 11) is -3.67. The highest BCUT2D eigenvalue weighted by atomic mass is 31.3. The molecule has 0 aromatic rings. The summed E-state index contributed by atoms with van der Waals surface area (Å²) in [5.74, 6) is 0. The fourth-order valence-corrected chi connectivity index (χ4v) is 12.1. The van der Waals surface area contributed by atoms with Crippen LogP contribution in [0.3, 0.4) is 0 Å². The monoisotopic (exact) mass is 399 g/mol. The third kappa shape index (κ3) is 5.63. The van der Waals surface area contributed by atoms with Crippen LogP contribution in [0.4, 0.5) is 0 Å². The molecule has 0 saturated carbocycles. The average Bonchev–Trinajstić information content (AvgIpc) is 2.55. The summed E-state index contributed by atoms with van der Waals surface area (Å²) in [6.07, 6.45) is 0. The number of hydrogen-bond donors (Lipinski definition) is 6. The molecule has 0 fully saturated rings. The summed E-state index contributed by atoms with van der Waals surface area (Å²) in [6, 6.07) is 0. The minimum atomic E-state index is -2.05. The van der Waals surface area contributed by atoms with E-state index in [4.69, 9.17) is 4.52 Å². The lowest BCUT2D eigenvalue weighted by Gasteiger charge is -2.50. The Hall–Kier alpha value is 0.770. The summed E-state index contributed by atoms with van der Waals surface area (Å²) < 4.78 is 9.86. The van der Waals surface area contributed by atoms with Gasteiger partial charge in [0.15, 0.2) is 24.3 Å². The molecule has 1 aliphatic rings. The average molecular weight is 399 g/mol. The van der Waals surface area contributed by atoms with Crippen LogP contribution < -0.4 is 31.2 Å². The molecule has 1 rings (SSSR count). The lowest BCUT2D eigenvalue weighted by atomic mass is 10.8. The Morgan fingerprint density at radius 2 is 1.33 bits per heavy atom. The predicted octanol–water partition coefficient (Wildman–Crippen LogP) is 2.49. The maximum atomic E-state index is 5.26. The maximum Gasteiger partial charge on any atom is 0.189 e. The number of rotatable bonds is 12. The van der Waals surface area contributed by atoms with Crippen LogP contribution in [0.5, 0.6) is 0 Å². The van der Waals surface area contributed by atoms with E-state index in [2.05, 4.69) is 81.8 Å². The van der Waals surface area contributed by atoms with E-state index in [0.717, 1.165) is 39.3 Å². The molecule has 12 heteroatoms. The molecule has 0 aromatic heterocycles. The molecule has 24 heavy (non-hydrogen) atoms. The zero-order valence-electron chi connectivity index (χ0n) is 15.9. The van der Waals surface area contributed by atoms with E-state index in [-0.39, 0.29) is 0 Å². The van der Waals surface area contributed by atoms with Crippen molar-refractivity contribution in [2.45, 2.75) is 41.5 Å². The van der Waals surface area contributed by atoms with Crippen LogP contribution in [0.25, 0.3) is 0 Å². The Labute approximate surface area is 150 Å². The molecule has 0 aliphatic carbocycles. The summed E-state index contributed by atoms with van der Waals surface area (Å²) in [4.78, 5) is 0. The van der Waals surface area contributed by atoms with Crippen molar-refractivity contribution < 1.29 is 0 Å². The number of hydrogen-bond acceptors (Lipinski definition) is 9.